The third-order valence-corrected chi connectivity index (χ3v) is 8.07. The fourth-order valence-electron chi connectivity index (χ4n) is 3.99. The van der Waals surface area contributed by atoms with E-state index in [9.17, 15) is 9.59 Å². The average molecular weight is 458 g/mol. The fourth-order valence-corrected chi connectivity index (χ4v) is 6.03. The zero-order valence-electron chi connectivity index (χ0n) is 18.2. The second-order valence-electron chi connectivity index (χ2n) is 7.95. The number of fused-ring (bicyclic) bond motifs is 1. The molecule has 1 N–H and O–H groups in total. The number of ether oxygens (including phenoxy) is 1. The van der Waals surface area contributed by atoms with Crippen LogP contribution in [0.1, 0.15) is 49.1 Å². The number of rotatable bonds is 6. The van der Waals surface area contributed by atoms with Crippen LogP contribution in [0.4, 0.5) is 5.69 Å². The molecular formula is C23H27N3O3S2. The van der Waals surface area contributed by atoms with Crippen LogP contribution in [-0.2, 0) is 4.79 Å². The lowest BCUT2D eigenvalue weighted by molar-refractivity contribution is -0.115. The number of aryl methyl sites for hydroxylation is 2. The Morgan fingerprint density at radius 1 is 1.26 bits per heavy atom. The molecule has 1 aliphatic rings. The zero-order valence-corrected chi connectivity index (χ0v) is 19.9. The summed E-state index contributed by atoms with van der Waals surface area (Å²) in [4.78, 5) is 33.1. The molecule has 4 rings (SSSR count). The first-order valence-corrected chi connectivity index (χ1v) is 12.2. The minimum atomic E-state index is -0.402. The summed E-state index contributed by atoms with van der Waals surface area (Å²) < 4.78 is 7.02. The molecule has 1 amide bonds. The second kappa shape index (κ2) is 9.04. The molecule has 0 saturated heterocycles. The van der Waals surface area contributed by atoms with Crippen molar-refractivity contribution in [2.75, 3.05) is 12.4 Å². The first kappa shape index (κ1) is 21.9. The van der Waals surface area contributed by atoms with Gasteiger partial charge in [0.1, 0.15) is 10.6 Å². The van der Waals surface area contributed by atoms with Gasteiger partial charge >= 0.3 is 0 Å². The number of benzene rings is 1. The summed E-state index contributed by atoms with van der Waals surface area (Å²) in [5.74, 6) is 0.612. The van der Waals surface area contributed by atoms with Crippen LogP contribution in [0.5, 0.6) is 5.75 Å². The lowest BCUT2D eigenvalue weighted by Gasteiger charge is -2.20. The number of thiophene rings is 1. The standard InChI is InChI=1S/C23H27N3O3S2/c1-13-14(2)30-21-19(13)22(28)26(17-7-5-6-8-17)23(25-21)31-15(3)20(27)24-16-9-11-18(29-4)12-10-16/h9-12,15,17H,5-8H2,1-4H3,(H,24,27). The van der Waals surface area contributed by atoms with E-state index in [1.807, 2.05) is 49.6 Å². The first-order chi connectivity index (χ1) is 14.9. The molecule has 2 heterocycles. The number of hydrogen-bond donors (Lipinski definition) is 1. The zero-order chi connectivity index (χ0) is 22.1. The number of carbonyl (C=O) groups is 1. The van der Waals surface area contributed by atoms with Gasteiger partial charge in [0.2, 0.25) is 5.91 Å². The minimum absolute atomic E-state index is 0.0315. The van der Waals surface area contributed by atoms with Gasteiger partial charge in [0.05, 0.1) is 17.7 Å². The molecule has 1 fully saturated rings. The van der Waals surface area contributed by atoms with E-state index in [2.05, 4.69) is 5.32 Å². The second-order valence-corrected chi connectivity index (χ2v) is 10.5. The fraction of sp³-hybridized carbons (Fsp3) is 0.435. The van der Waals surface area contributed by atoms with Crippen molar-refractivity contribution < 1.29 is 9.53 Å². The van der Waals surface area contributed by atoms with Crippen molar-refractivity contribution >= 4 is 44.9 Å². The normalized spacial score (nSPS) is 15.4. The molecule has 1 saturated carbocycles. The van der Waals surface area contributed by atoms with Gasteiger partial charge in [0.15, 0.2) is 5.16 Å². The maximum atomic E-state index is 13.5. The topological polar surface area (TPSA) is 73.2 Å². The quantitative estimate of drug-likeness (QED) is 0.401. The number of hydrogen-bond acceptors (Lipinski definition) is 6. The van der Waals surface area contributed by atoms with Crippen LogP contribution in [0.2, 0.25) is 0 Å². The third kappa shape index (κ3) is 4.36. The van der Waals surface area contributed by atoms with Crippen LogP contribution < -0.4 is 15.6 Å². The van der Waals surface area contributed by atoms with E-state index in [-0.39, 0.29) is 17.5 Å². The molecule has 0 aliphatic heterocycles. The largest absolute Gasteiger partial charge is 0.497 e. The van der Waals surface area contributed by atoms with Crippen molar-refractivity contribution in [2.45, 2.75) is 62.9 Å². The highest BCUT2D eigenvalue weighted by Gasteiger charge is 2.27. The SMILES string of the molecule is COc1ccc(NC(=O)C(C)Sc2nc3sc(C)c(C)c3c(=O)n2C2CCCC2)cc1. The molecule has 1 aromatic carbocycles. The Hall–Kier alpha value is -2.32. The molecular weight excluding hydrogens is 430 g/mol. The molecule has 164 valence electrons. The molecule has 0 spiro atoms. The van der Waals surface area contributed by atoms with Crippen molar-refractivity contribution in [1.82, 2.24) is 9.55 Å². The average Bonchev–Trinajstić information content (AvgIpc) is 3.37. The summed E-state index contributed by atoms with van der Waals surface area (Å²) in [7, 11) is 1.61. The van der Waals surface area contributed by atoms with Gasteiger partial charge < -0.3 is 10.1 Å². The van der Waals surface area contributed by atoms with Crippen LogP contribution in [0.25, 0.3) is 10.2 Å². The molecule has 0 radical (unpaired) electrons. The lowest BCUT2D eigenvalue weighted by atomic mass is 10.2. The summed E-state index contributed by atoms with van der Waals surface area (Å²) in [6, 6.07) is 7.39. The van der Waals surface area contributed by atoms with E-state index in [1.165, 1.54) is 11.8 Å². The van der Waals surface area contributed by atoms with Crippen molar-refractivity contribution in [2.24, 2.45) is 0 Å². The summed E-state index contributed by atoms with van der Waals surface area (Å²) in [6.07, 6.45) is 4.20. The highest BCUT2D eigenvalue weighted by molar-refractivity contribution is 8.00. The van der Waals surface area contributed by atoms with Gasteiger partial charge in [-0.15, -0.1) is 11.3 Å². The van der Waals surface area contributed by atoms with Gasteiger partial charge in [-0.2, -0.15) is 0 Å². The number of aromatic nitrogens is 2. The Morgan fingerprint density at radius 2 is 1.94 bits per heavy atom. The Balaban J connectivity index is 1.63. The van der Waals surface area contributed by atoms with Crippen LogP contribution in [-0.4, -0.2) is 27.8 Å². The molecule has 31 heavy (non-hydrogen) atoms. The van der Waals surface area contributed by atoms with E-state index in [0.717, 1.165) is 52.1 Å². The predicted molar refractivity (Wildman–Crippen MR) is 128 cm³/mol. The van der Waals surface area contributed by atoms with Crippen LogP contribution in [0.15, 0.2) is 34.2 Å². The number of carbonyl (C=O) groups excluding carboxylic acids is 1. The Morgan fingerprint density at radius 3 is 2.58 bits per heavy atom. The molecule has 1 unspecified atom stereocenters. The Labute approximate surface area is 190 Å². The van der Waals surface area contributed by atoms with Gasteiger partial charge in [-0.05, 0) is 63.4 Å². The maximum absolute atomic E-state index is 13.5. The molecule has 2 aromatic heterocycles. The Bertz CT molecular complexity index is 1160. The maximum Gasteiger partial charge on any atom is 0.263 e. The van der Waals surface area contributed by atoms with Gasteiger partial charge in [-0.3, -0.25) is 14.2 Å². The van der Waals surface area contributed by atoms with E-state index < -0.39 is 5.25 Å². The van der Waals surface area contributed by atoms with Crippen molar-refractivity contribution in [3.05, 3.63) is 45.1 Å². The van der Waals surface area contributed by atoms with Crippen LogP contribution in [0.3, 0.4) is 0 Å². The molecule has 6 nitrogen and oxygen atoms in total. The van der Waals surface area contributed by atoms with E-state index >= 15 is 0 Å². The minimum Gasteiger partial charge on any atom is -0.497 e. The highest BCUT2D eigenvalue weighted by Crippen LogP contribution is 2.35. The third-order valence-electron chi connectivity index (χ3n) is 5.90. The Kier molecular flexibility index (Phi) is 6.39. The summed E-state index contributed by atoms with van der Waals surface area (Å²) in [5.41, 5.74) is 1.76. The first-order valence-electron chi connectivity index (χ1n) is 10.5. The number of thioether (sulfide) groups is 1. The van der Waals surface area contributed by atoms with Gasteiger partial charge in [-0.25, -0.2) is 4.98 Å². The lowest BCUT2D eigenvalue weighted by Crippen LogP contribution is -2.28. The van der Waals surface area contributed by atoms with E-state index in [0.29, 0.717) is 10.8 Å². The molecule has 1 aliphatic carbocycles. The molecule has 3 aromatic rings. The predicted octanol–water partition coefficient (Wildman–Crippen LogP) is 5.32. The van der Waals surface area contributed by atoms with Gasteiger partial charge in [0.25, 0.3) is 5.56 Å². The van der Waals surface area contributed by atoms with Gasteiger partial charge in [0, 0.05) is 16.6 Å². The molecule has 0 bridgehead atoms. The smallest absolute Gasteiger partial charge is 0.263 e. The molecule has 8 heteroatoms. The summed E-state index contributed by atoms with van der Waals surface area (Å²) in [5, 5.41) is 3.91. The number of amides is 1. The number of methoxy groups -OCH3 is 1. The van der Waals surface area contributed by atoms with Crippen LogP contribution in [0, 0.1) is 13.8 Å². The van der Waals surface area contributed by atoms with Crippen molar-refractivity contribution in [3.8, 4) is 5.75 Å². The number of nitrogens with one attached hydrogen (secondary N) is 1. The number of anilines is 1. The van der Waals surface area contributed by atoms with Crippen molar-refractivity contribution in [3.63, 3.8) is 0 Å². The summed E-state index contributed by atoms with van der Waals surface area (Å²) >= 11 is 2.91. The van der Waals surface area contributed by atoms with Crippen LogP contribution >= 0.6 is 23.1 Å². The van der Waals surface area contributed by atoms with E-state index in [4.69, 9.17) is 9.72 Å². The highest BCUT2D eigenvalue weighted by atomic mass is 32.2. The van der Waals surface area contributed by atoms with E-state index in [1.54, 1.807) is 18.4 Å². The summed E-state index contributed by atoms with van der Waals surface area (Å²) in [6.45, 7) is 5.87. The van der Waals surface area contributed by atoms with Gasteiger partial charge in [-0.1, -0.05) is 24.6 Å². The monoisotopic (exact) mass is 457 g/mol. The molecule has 1 atom stereocenters. The van der Waals surface area contributed by atoms with Crippen molar-refractivity contribution in [1.29, 1.82) is 0 Å². The number of nitrogens with zero attached hydrogens (tertiary/aromatic N) is 2.